The molecule has 0 aromatic carbocycles. The van der Waals surface area contributed by atoms with Gasteiger partial charge >= 0.3 is 5.63 Å². The molecule has 1 fully saturated rings. The van der Waals surface area contributed by atoms with Gasteiger partial charge in [0, 0.05) is 19.0 Å². The van der Waals surface area contributed by atoms with Gasteiger partial charge in [0.25, 0.3) is 5.91 Å². The molecule has 150 valence electrons. The van der Waals surface area contributed by atoms with Gasteiger partial charge < -0.3 is 19.4 Å². The van der Waals surface area contributed by atoms with E-state index in [2.05, 4.69) is 22.1 Å². The molecule has 0 aliphatic carbocycles. The number of aromatic nitrogens is 1. The molecule has 7 heteroatoms. The zero-order valence-corrected chi connectivity index (χ0v) is 16.7. The van der Waals surface area contributed by atoms with E-state index in [1.807, 2.05) is 13.0 Å². The fraction of sp³-hybridized carbons (Fsp3) is 0.476. The van der Waals surface area contributed by atoms with E-state index in [1.165, 1.54) is 0 Å². The van der Waals surface area contributed by atoms with Crippen molar-refractivity contribution in [2.75, 3.05) is 36.5 Å². The highest BCUT2D eigenvalue weighted by Gasteiger charge is 2.19. The Balaban J connectivity index is 1.73. The largest absolute Gasteiger partial charge is 0.427 e. The number of carbonyl (C=O) groups excluding carboxylic acids is 1. The third-order valence-corrected chi connectivity index (χ3v) is 4.94. The summed E-state index contributed by atoms with van der Waals surface area (Å²) in [5.41, 5.74) is 0.576. The van der Waals surface area contributed by atoms with Crippen molar-refractivity contribution in [1.29, 1.82) is 0 Å². The standard InChI is InChI=1S/C21H27N3O4/c1-4-5-14(2)17-12-15(3)19(21(26)28-17)20(25)23-16-6-7-18(22-13-16)24-8-10-27-11-9-24/h6-7,12-14H,4-5,8-11H2,1-3H3,(H,23,25). The quantitative estimate of drug-likeness (QED) is 0.821. The summed E-state index contributed by atoms with van der Waals surface area (Å²) in [7, 11) is 0. The molecule has 1 aliphatic rings. The molecule has 1 amide bonds. The van der Waals surface area contributed by atoms with Crippen LogP contribution in [0, 0.1) is 6.92 Å². The van der Waals surface area contributed by atoms with E-state index in [0.29, 0.717) is 30.2 Å². The van der Waals surface area contributed by atoms with E-state index in [1.54, 1.807) is 25.3 Å². The summed E-state index contributed by atoms with van der Waals surface area (Å²) in [6, 6.07) is 5.42. The van der Waals surface area contributed by atoms with Crippen molar-refractivity contribution < 1.29 is 13.9 Å². The number of nitrogens with one attached hydrogen (secondary N) is 1. The Hall–Kier alpha value is -2.67. The number of nitrogens with zero attached hydrogens (tertiary/aromatic N) is 2. The number of pyridine rings is 1. The zero-order chi connectivity index (χ0) is 20.1. The lowest BCUT2D eigenvalue weighted by Gasteiger charge is -2.27. The van der Waals surface area contributed by atoms with Crippen LogP contribution in [0.25, 0.3) is 0 Å². The van der Waals surface area contributed by atoms with E-state index in [9.17, 15) is 9.59 Å². The molecular weight excluding hydrogens is 358 g/mol. The summed E-state index contributed by atoms with van der Waals surface area (Å²) in [5.74, 6) is 1.12. The highest BCUT2D eigenvalue weighted by atomic mass is 16.5. The van der Waals surface area contributed by atoms with Crippen LogP contribution in [0.1, 0.15) is 54.3 Å². The molecule has 1 atom stereocenters. The lowest BCUT2D eigenvalue weighted by atomic mass is 10.0. The van der Waals surface area contributed by atoms with Crippen molar-refractivity contribution in [1.82, 2.24) is 4.98 Å². The summed E-state index contributed by atoms with van der Waals surface area (Å²) in [6.45, 7) is 8.81. The Morgan fingerprint density at radius 2 is 2.07 bits per heavy atom. The molecule has 0 saturated carbocycles. The highest BCUT2D eigenvalue weighted by molar-refractivity contribution is 6.04. The van der Waals surface area contributed by atoms with Crippen molar-refractivity contribution >= 4 is 17.4 Å². The van der Waals surface area contributed by atoms with Crippen LogP contribution >= 0.6 is 0 Å². The molecule has 28 heavy (non-hydrogen) atoms. The molecule has 3 heterocycles. The maximum absolute atomic E-state index is 12.6. The van der Waals surface area contributed by atoms with E-state index in [0.717, 1.165) is 31.7 Å². The van der Waals surface area contributed by atoms with Gasteiger partial charge in [-0.15, -0.1) is 0 Å². The number of aryl methyl sites for hydroxylation is 1. The summed E-state index contributed by atoms with van der Waals surface area (Å²) >= 11 is 0. The summed E-state index contributed by atoms with van der Waals surface area (Å²) in [4.78, 5) is 31.6. The minimum absolute atomic E-state index is 0.0321. The first-order valence-electron chi connectivity index (χ1n) is 9.74. The minimum atomic E-state index is -0.603. The molecular formula is C21H27N3O4. The second-order valence-electron chi connectivity index (χ2n) is 7.14. The predicted molar refractivity (Wildman–Crippen MR) is 108 cm³/mol. The fourth-order valence-corrected chi connectivity index (χ4v) is 3.36. The zero-order valence-electron chi connectivity index (χ0n) is 16.7. The fourth-order valence-electron chi connectivity index (χ4n) is 3.36. The highest BCUT2D eigenvalue weighted by Crippen LogP contribution is 2.22. The second-order valence-corrected chi connectivity index (χ2v) is 7.14. The summed E-state index contributed by atoms with van der Waals surface area (Å²) in [5, 5.41) is 2.74. The number of rotatable bonds is 6. The SMILES string of the molecule is CCCC(C)c1cc(C)c(C(=O)Nc2ccc(N3CCOCC3)nc2)c(=O)o1. The number of ether oxygens (including phenoxy) is 1. The molecule has 0 spiro atoms. The smallest absolute Gasteiger partial charge is 0.349 e. The Bertz CT molecular complexity index is 870. The number of anilines is 2. The maximum atomic E-state index is 12.6. The lowest BCUT2D eigenvalue weighted by molar-refractivity contribution is 0.102. The van der Waals surface area contributed by atoms with Crippen molar-refractivity contribution in [3.8, 4) is 0 Å². The van der Waals surface area contributed by atoms with Crippen LogP contribution in [-0.4, -0.2) is 37.2 Å². The Kier molecular flexibility index (Phi) is 6.46. The van der Waals surface area contributed by atoms with Gasteiger partial charge in [-0.25, -0.2) is 9.78 Å². The Labute approximate surface area is 164 Å². The maximum Gasteiger partial charge on any atom is 0.349 e. The molecule has 2 aromatic rings. The van der Waals surface area contributed by atoms with E-state index in [-0.39, 0.29) is 11.5 Å². The average molecular weight is 385 g/mol. The third-order valence-electron chi connectivity index (χ3n) is 4.94. The molecule has 1 N–H and O–H groups in total. The molecule has 0 bridgehead atoms. The van der Waals surface area contributed by atoms with Gasteiger partial charge in [-0.1, -0.05) is 20.3 Å². The lowest BCUT2D eigenvalue weighted by Crippen LogP contribution is -2.36. The molecule has 1 aliphatic heterocycles. The van der Waals surface area contributed by atoms with Crippen molar-refractivity contribution in [3.63, 3.8) is 0 Å². The van der Waals surface area contributed by atoms with Gasteiger partial charge in [-0.05, 0) is 37.1 Å². The molecule has 0 radical (unpaired) electrons. The number of hydrogen-bond acceptors (Lipinski definition) is 6. The van der Waals surface area contributed by atoms with Gasteiger partial charge in [0.05, 0.1) is 25.1 Å². The first-order valence-corrected chi connectivity index (χ1v) is 9.74. The van der Waals surface area contributed by atoms with Crippen LogP contribution in [0.2, 0.25) is 0 Å². The van der Waals surface area contributed by atoms with Gasteiger partial charge in [-0.2, -0.15) is 0 Å². The van der Waals surface area contributed by atoms with Gasteiger partial charge in [0.15, 0.2) is 0 Å². The molecule has 3 rings (SSSR count). The van der Waals surface area contributed by atoms with Crippen molar-refractivity contribution in [2.45, 2.75) is 39.5 Å². The third kappa shape index (κ3) is 4.59. The number of hydrogen-bond donors (Lipinski definition) is 1. The molecule has 1 unspecified atom stereocenters. The first kappa shape index (κ1) is 20.1. The number of morpholine rings is 1. The van der Waals surface area contributed by atoms with Crippen molar-refractivity contribution in [2.24, 2.45) is 0 Å². The van der Waals surface area contributed by atoms with E-state index < -0.39 is 11.5 Å². The monoisotopic (exact) mass is 385 g/mol. The molecule has 2 aromatic heterocycles. The molecule has 7 nitrogen and oxygen atoms in total. The predicted octanol–water partition coefficient (Wildman–Crippen LogP) is 3.34. The second kappa shape index (κ2) is 9.01. The number of carbonyl (C=O) groups is 1. The van der Waals surface area contributed by atoms with Gasteiger partial charge in [0.1, 0.15) is 17.1 Å². The minimum Gasteiger partial charge on any atom is -0.427 e. The van der Waals surface area contributed by atoms with E-state index in [4.69, 9.17) is 9.15 Å². The Morgan fingerprint density at radius 3 is 2.68 bits per heavy atom. The van der Waals surface area contributed by atoms with Crippen LogP contribution in [-0.2, 0) is 4.74 Å². The van der Waals surface area contributed by atoms with Crippen LogP contribution in [0.3, 0.4) is 0 Å². The summed E-state index contributed by atoms with van der Waals surface area (Å²) in [6.07, 6.45) is 3.52. The van der Waals surface area contributed by atoms with Gasteiger partial charge in [-0.3, -0.25) is 4.79 Å². The van der Waals surface area contributed by atoms with Crippen LogP contribution in [0.5, 0.6) is 0 Å². The van der Waals surface area contributed by atoms with E-state index >= 15 is 0 Å². The normalized spacial score (nSPS) is 15.3. The molecule has 1 saturated heterocycles. The van der Waals surface area contributed by atoms with Crippen molar-refractivity contribution in [3.05, 3.63) is 51.7 Å². The summed E-state index contributed by atoms with van der Waals surface area (Å²) < 4.78 is 10.8. The van der Waals surface area contributed by atoms with Gasteiger partial charge in [0.2, 0.25) is 0 Å². The topological polar surface area (TPSA) is 84.7 Å². The van der Waals surface area contributed by atoms with Crippen LogP contribution in [0.15, 0.2) is 33.6 Å². The van der Waals surface area contributed by atoms with Crippen LogP contribution in [0.4, 0.5) is 11.5 Å². The number of amides is 1. The Morgan fingerprint density at radius 1 is 1.32 bits per heavy atom. The first-order chi connectivity index (χ1) is 13.5. The van der Waals surface area contributed by atoms with Crippen LogP contribution < -0.4 is 15.8 Å². The average Bonchev–Trinajstić information content (AvgIpc) is 2.69.